The van der Waals surface area contributed by atoms with Crippen molar-refractivity contribution in [2.75, 3.05) is 13.1 Å². The second kappa shape index (κ2) is 8.88. The number of hydrogen-bond acceptors (Lipinski definition) is 4. The minimum atomic E-state index is -0.243. The van der Waals surface area contributed by atoms with Crippen molar-refractivity contribution in [1.82, 2.24) is 9.80 Å². The fourth-order valence-corrected chi connectivity index (χ4v) is 4.91. The summed E-state index contributed by atoms with van der Waals surface area (Å²) < 4.78 is 5.31. The lowest BCUT2D eigenvalue weighted by Gasteiger charge is -2.38. The summed E-state index contributed by atoms with van der Waals surface area (Å²) in [5.74, 6) is -0.0189. The van der Waals surface area contributed by atoms with E-state index in [0.29, 0.717) is 6.54 Å². The molecule has 0 bridgehead atoms. The lowest BCUT2D eigenvalue weighted by atomic mass is 9.93. The second-order valence-corrected chi connectivity index (χ2v) is 8.62. The molecule has 0 radical (unpaired) electrons. The van der Waals surface area contributed by atoms with Crippen molar-refractivity contribution in [1.29, 1.82) is 0 Å². The van der Waals surface area contributed by atoms with Crippen LogP contribution in [0.5, 0.6) is 0 Å². The molecular formula is C24H26N2O3S. The Morgan fingerprint density at radius 3 is 2.70 bits per heavy atom. The highest BCUT2D eigenvalue weighted by Crippen LogP contribution is 2.37. The first-order valence-electron chi connectivity index (χ1n) is 10.3. The van der Waals surface area contributed by atoms with Crippen LogP contribution in [0, 0.1) is 0 Å². The summed E-state index contributed by atoms with van der Waals surface area (Å²) in [6.07, 6.45) is 3.09. The standard InChI is InChI=1S/C24H26N2O3S/c1-3-17(2)26(24(28)20-10-7-14-29-20)16-22(27)25-13-11-21-19(12-15-30-21)23(25)18-8-5-4-6-9-18/h4-10,12,14-15,17,23H,3,11,13,16H2,1-2H3/t17-,23-/m1/s1. The van der Waals surface area contributed by atoms with Crippen LogP contribution in [0.15, 0.2) is 64.6 Å². The highest BCUT2D eigenvalue weighted by Gasteiger charge is 2.35. The van der Waals surface area contributed by atoms with Gasteiger partial charge in [0.25, 0.3) is 5.91 Å². The molecule has 0 spiro atoms. The van der Waals surface area contributed by atoms with Crippen LogP contribution < -0.4 is 0 Å². The molecule has 0 saturated heterocycles. The van der Waals surface area contributed by atoms with E-state index in [2.05, 4.69) is 23.6 Å². The Kier molecular flexibility index (Phi) is 6.04. The monoisotopic (exact) mass is 422 g/mol. The average Bonchev–Trinajstić information content (AvgIpc) is 3.48. The van der Waals surface area contributed by atoms with Gasteiger partial charge in [-0.1, -0.05) is 37.3 Å². The van der Waals surface area contributed by atoms with E-state index in [0.717, 1.165) is 18.4 Å². The Labute approximate surface area is 180 Å². The molecule has 0 aliphatic carbocycles. The second-order valence-electron chi connectivity index (χ2n) is 7.62. The molecule has 0 saturated carbocycles. The maximum Gasteiger partial charge on any atom is 0.290 e. The Balaban J connectivity index is 1.62. The van der Waals surface area contributed by atoms with E-state index < -0.39 is 0 Å². The molecule has 6 heteroatoms. The van der Waals surface area contributed by atoms with Crippen LogP contribution in [0.3, 0.4) is 0 Å². The summed E-state index contributed by atoms with van der Waals surface area (Å²) in [6, 6.07) is 15.4. The molecule has 1 aliphatic heterocycles. The molecule has 0 fully saturated rings. The predicted octanol–water partition coefficient (Wildman–Crippen LogP) is 4.76. The Bertz CT molecular complexity index is 997. The Hall–Kier alpha value is -2.86. The third-order valence-corrected chi connectivity index (χ3v) is 6.82. The molecule has 1 aliphatic rings. The van der Waals surface area contributed by atoms with Crippen LogP contribution in [0.1, 0.15) is 52.9 Å². The van der Waals surface area contributed by atoms with E-state index in [1.54, 1.807) is 28.4 Å². The largest absolute Gasteiger partial charge is 0.459 e. The van der Waals surface area contributed by atoms with Crippen molar-refractivity contribution in [3.05, 3.63) is 81.9 Å². The van der Waals surface area contributed by atoms with Gasteiger partial charge in [0.15, 0.2) is 5.76 Å². The normalized spacial score (nSPS) is 16.7. The zero-order valence-corrected chi connectivity index (χ0v) is 18.1. The van der Waals surface area contributed by atoms with Crippen LogP contribution in [-0.2, 0) is 11.2 Å². The van der Waals surface area contributed by atoms with Gasteiger partial charge in [0.2, 0.25) is 5.91 Å². The number of carbonyl (C=O) groups excluding carboxylic acids is 2. The van der Waals surface area contributed by atoms with Gasteiger partial charge in [0.1, 0.15) is 6.54 Å². The van der Waals surface area contributed by atoms with Gasteiger partial charge in [-0.05, 0) is 54.5 Å². The van der Waals surface area contributed by atoms with Gasteiger partial charge < -0.3 is 14.2 Å². The Morgan fingerprint density at radius 2 is 2.00 bits per heavy atom. The minimum absolute atomic E-state index is 0.0390. The van der Waals surface area contributed by atoms with Crippen LogP contribution in [0.4, 0.5) is 0 Å². The van der Waals surface area contributed by atoms with Gasteiger partial charge in [-0.25, -0.2) is 0 Å². The zero-order chi connectivity index (χ0) is 21.1. The predicted molar refractivity (Wildman–Crippen MR) is 118 cm³/mol. The number of thiophene rings is 1. The number of benzene rings is 1. The highest BCUT2D eigenvalue weighted by molar-refractivity contribution is 7.10. The van der Waals surface area contributed by atoms with Crippen molar-refractivity contribution in [3.63, 3.8) is 0 Å². The molecule has 0 unspecified atom stereocenters. The quantitative estimate of drug-likeness (QED) is 0.576. The fourth-order valence-electron chi connectivity index (χ4n) is 4.01. The summed E-state index contributed by atoms with van der Waals surface area (Å²) in [6.45, 7) is 4.67. The maximum absolute atomic E-state index is 13.5. The summed E-state index contributed by atoms with van der Waals surface area (Å²) in [5.41, 5.74) is 2.29. The molecule has 30 heavy (non-hydrogen) atoms. The van der Waals surface area contributed by atoms with Crippen molar-refractivity contribution < 1.29 is 14.0 Å². The van der Waals surface area contributed by atoms with E-state index in [1.165, 1.54) is 16.7 Å². The Morgan fingerprint density at radius 1 is 1.20 bits per heavy atom. The van der Waals surface area contributed by atoms with Gasteiger partial charge in [-0.2, -0.15) is 0 Å². The third-order valence-electron chi connectivity index (χ3n) is 5.82. The zero-order valence-electron chi connectivity index (χ0n) is 17.3. The van der Waals surface area contributed by atoms with Crippen molar-refractivity contribution >= 4 is 23.2 Å². The first-order valence-corrected chi connectivity index (χ1v) is 11.2. The van der Waals surface area contributed by atoms with Crippen molar-refractivity contribution in [3.8, 4) is 0 Å². The first-order chi connectivity index (χ1) is 14.6. The van der Waals surface area contributed by atoms with Gasteiger partial charge in [-0.15, -0.1) is 11.3 Å². The molecule has 0 N–H and O–H groups in total. The molecular weight excluding hydrogens is 396 g/mol. The van der Waals surface area contributed by atoms with Crippen LogP contribution >= 0.6 is 11.3 Å². The molecule has 2 aromatic heterocycles. The third kappa shape index (κ3) is 3.92. The van der Waals surface area contributed by atoms with E-state index in [4.69, 9.17) is 4.42 Å². The van der Waals surface area contributed by atoms with Gasteiger partial charge in [-0.3, -0.25) is 9.59 Å². The van der Waals surface area contributed by atoms with Crippen LogP contribution in [-0.4, -0.2) is 40.7 Å². The molecule has 156 valence electrons. The molecule has 5 nitrogen and oxygen atoms in total. The number of carbonyl (C=O) groups is 2. The maximum atomic E-state index is 13.5. The van der Waals surface area contributed by atoms with E-state index >= 15 is 0 Å². The lowest BCUT2D eigenvalue weighted by molar-refractivity contribution is -0.134. The number of hydrogen-bond donors (Lipinski definition) is 0. The van der Waals surface area contributed by atoms with Gasteiger partial charge in [0.05, 0.1) is 12.3 Å². The minimum Gasteiger partial charge on any atom is -0.459 e. The topological polar surface area (TPSA) is 53.8 Å². The smallest absolute Gasteiger partial charge is 0.290 e. The van der Waals surface area contributed by atoms with E-state index in [1.807, 2.05) is 36.9 Å². The van der Waals surface area contributed by atoms with Gasteiger partial charge >= 0.3 is 0 Å². The SMILES string of the molecule is CC[C@@H](C)N(CC(=O)N1CCc2sccc2[C@H]1c1ccccc1)C(=O)c1ccco1. The molecule has 4 rings (SSSR count). The van der Waals surface area contributed by atoms with Crippen LogP contribution in [0.2, 0.25) is 0 Å². The van der Waals surface area contributed by atoms with Crippen molar-refractivity contribution in [2.45, 2.75) is 38.8 Å². The summed E-state index contributed by atoms with van der Waals surface area (Å²) in [4.78, 5) is 31.4. The molecule has 2 atom stereocenters. The number of furan rings is 1. The summed E-state index contributed by atoms with van der Waals surface area (Å²) in [7, 11) is 0. The fraction of sp³-hybridized carbons (Fsp3) is 0.333. The molecule has 1 aromatic carbocycles. The number of amides is 2. The molecule has 3 heterocycles. The highest BCUT2D eigenvalue weighted by atomic mass is 32.1. The first kappa shape index (κ1) is 20.4. The van der Waals surface area contributed by atoms with Crippen LogP contribution in [0.25, 0.3) is 0 Å². The number of fused-ring (bicyclic) bond motifs is 1. The van der Waals surface area contributed by atoms with E-state index in [9.17, 15) is 9.59 Å². The van der Waals surface area contributed by atoms with Gasteiger partial charge in [0, 0.05) is 17.5 Å². The summed E-state index contributed by atoms with van der Waals surface area (Å²) in [5, 5.41) is 2.10. The average molecular weight is 423 g/mol. The van der Waals surface area contributed by atoms with E-state index in [-0.39, 0.29) is 36.2 Å². The lowest BCUT2D eigenvalue weighted by Crippen LogP contribution is -2.49. The summed E-state index contributed by atoms with van der Waals surface area (Å²) >= 11 is 1.75. The number of rotatable bonds is 6. The van der Waals surface area contributed by atoms with Crippen molar-refractivity contribution in [2.24, 2.45) is 0 Å². The molecule has 2 amide bonds. The molecule has 3 aromatic rings. The number of nitrogens with zero attached hydrogens (tertiary/aromatic N) is 2.